The minimum atomic E-state index is -1.24. The van der Waals surface area contributed by atoms with Crippen molar-refractivity contribution in [2.45, 2.75) is 75.5 Å². The maximum Gasteiger partial charge on any atom is 0.326 e. The number of aliphatic imine (C=N–C) groups is 1. The van der Waals surface area contributed by atoms with Crippen LogP contribution < -0.4 is 44.6 Å². The Balaban J connectivity index is 3.05. The molecule has 4 atom stereocenters. The number of guanidine groups is 1. The second kappa shape index (κ2) is 18.9. The van der Waals surface area contributed by atoms with Crippen LogP contribution in [0.3, 0.4) is 0 Å². The van der Waals surface area contributed by atoms with E-state index in [2.05, 4.69) is 20.9 Å². The van der Waals surface area contributed by atoms with E-state index in [1.807, 2.05) is 0 Å². The maximum absolute atomic E-state index is 13.3. The van der Waals surface area contributed by atoms with E-state index in [4.69, 9.17) is 28.7 Å². The van der Waals surface area contributed by atoms with E-state index in [9.17, 15) is 29.1 Å². The van der Waals surface area contributed by atoms with Gasteiger partial charge in [0.2, 0.25) is 23.6 Å². The molecule has 0 heterocycles. The van der Waals surface area contributed by atoms with Gasteiger partial charge in [-0.3, -0.25) is 24.2 Å². The number of carboxylic acid groups (broad SMARTS) is 1. The number of nitrogens with two attached hydrogens (primary N) is 5. The van der Waals surface area contributed by atoms with Gasteiger partial charge in [0.25, 0.3) is 0 Å². The molecule has 228 valence electrons. The third kappa shape index (κ3) is 14.6. The quantitative estimate of drug-likeness (QED) is 0.0447. The van der Waals surface area contributed by atoms with Gasteiger partial charge in [0, 0.05) is 19.4 Å². The number of unbranched alkanes of at least 4 members (excludes halogenated alkanes) is 1. The summed E-state index contributed by atoms with van der Waals surface area (Å²) >= 11 is 0. The molecule has 0 fully saturated rings. The first kappa shape index (κ1) is 34.8. The Morgan fingerprint density at radius 3 is 1.88 bits per heavy atom. The molecule has 0 saturated heterocycles. The van der Waals surface area contributed by atoms with Gasteiger partial charge in [-0.1, -0.05) is 30.3 Å². The topological polar surface area (TPSA) is 284 Å². The fourth-order valence-corrected chi connectivity index (χ4v) is 3.84. The summed E-state index contributed by atoms with van der Waals surface area (Å²) in [6.45, 7) is 0.538. The van der Waals surface area contributed by atoms with Crippen LogP contribution in [0, 0.1) is 0 Å². The lowest BCUT2D eigenvalue weighted by atomic mass is 10.0. The molecule has 0 bridgehead atoms. The Labute approximate surface area is 239 Å². The van der Waals surface area contributed by atoms with Crippen LogP contribution in [-0.4, -0.2) is 77.9 Å². The van der Waals surface area contributed by atoms with Crippen LogP contribution in [-0.2, 0) is 30.4 Å². The van der Waals surface area contributed by atoms with E-state index in [-0.39, 0.29) is 44.6 Å². The predicted molar refractivity (Wildman–Crippen MR) is 153 cm³/mol. The molecule has 15 heteroatoms. The Hall–Kier alpha value is -4.24. The largest absolute Gasteiger partial charge is 0.480 e. The Bertz CT molecular complexity index is 1030. The molecule has 0 saturated carbocycles. The van der Waals surface area contributed by atoms with Gasteiger partial charge >= 0.3 is 5.97 Å². The average Bonchev–Trinajstić information content (AvgIpc) is 2.92. The summed E-state index contributed by atoms with van der Waals surface area (Å²) in [7, 11) is 0. The summed E-state index contributed by atoms with van der Waals surface area (Å²) in [5, 5.41) is 17.4. The van der Waals surface area contributed by atoms with Gasteiger partial charge in [-0.15, -0.1) is 0 Å². The Kier molecular flexibility index (Phi) is 16.1. The van der Waals surface area contributed by atoms with E-state index in [1.165, 1.54) is 0 Å². The highest BCUT2D eigenvalue weighted by Gasteiger charge is 2.30. The van der Waals surface area contributed by atoms with Crippen molar-refractivity contribution in [3.63, 3.8) is 0 Å². The number of hydrogen-bond donors (Lipinski definition) is 9. The van der Waals surface area contributed by atoms with Gasteiger partial charge in [-0.25, -0.2) is 4.79 Å². The Morgan fingerprint density at radius 2 is 1.34 bits per heavy atom. The predicted octanol–water partition coefficient (Wildman–Crippen LogP) is -2.46. The van der Waals surface area contributed by atoms with Gasteiger partial charge in [-0.05, 0) is 50.6 Å². The molecule has 14 N–H and O–H groups in total. The number of primary amides is 1. The van der Waals surface area contributed by atoms with Crippen LogP contribution in [0.25, 0.3) is 0 Å². The molecule has 0 radical (unpaired) electrons. The zero-order chi connectivity index (χ0) is 30.8. The maximum atomic E-state index is 13.3. The van der Waals surface area contributed by atoms with Crippen molar-refractivity contribution in [1.29, 1.82) is 0 Å². The molecule has 0 aliphatic heterocycles. The molecule has 41 heavy (non-hydrogen) atoms. The molecule has 0 aliphatic rings. The van der Waals surface area contributed by atoms with E-state index in [0.29, 0.717) is 31.4 Å². The number of hydrogen-bond acceptors (Lipinski definition) is 8. The normalized spacial score (nSPS) is 13.6. The van der Waals surface area contributed by atoms with Crippen molar-refractivity contribution < 1.29 is 29.1 Å². The summed E-state index contributed by atoms with van der Waals surface area (Å²) in [6, 6.07) is 4.22. The molecule has 1 aromatic rings. The van der Waals surface area contributed by atoms with Crippen molar-refractivity contribution in [1.82, 2.24) is 16.0 Å². The number of benzene rings is 1. The first-order valence-electron chi connectivity index (χ1n) is 13.4. The molecule has 1 rings (SSSR count). The summed E-state index contributed by atoms with van der Waals surface area (Å²) in [4.78, 5) is 66.0. The van der Waals surface area contributed by atoms with Crippen molar-refractivity contribution in [2.24, 2.45) is 33.7 Å². The summed E-state index contributed by atoms with van der Waals surface area (Å²) in [6.07, 6.45) is 1.52. The standard InChI is InChI=1S/C26H43N9O6/c27-13-5-4-9-18(24(39)35-20(25(40)41)15-16-7-2-1-3-8-16)34-23(38)19(10-6-14-32-26(30)31)33-22(37)17(28)11-12-21(29)36/h1-3,7-8,17-20H,4-6,9-15,27-28H2,(H2,29,36)(H,33,37)(H,34,38)(H,35,39)(H,40,41)(H4,30,31,32). The molecule has 4 unspecified atom stereocenters. The SMILES string of the molecule is NCCCCC(NC(=O)C(CCCN=C(N)N)NC(=O)C(N)CCC(N)=O)C(=O)NC(Cc1ccccc1)C(=O)O. The van der Waals surface area contributed by atoms with Crippen LogP contribution in [0.2, 0.25) is 0 Å². The molecule has 0 spiro atoms. The lowest BCUT2D eigenvalue weighted by Gasteiger charge is -2.25. The average molecular weight is 578 g/mol. The Morgan fingerprint density at radius 1 is 0.780 bits per heavy atom. The van der Waals surface area contributed by atoms with Crippen LogP contribution in [0.15, 0.2) is 35.3 Å². The van der Waals surface area contributed by atoms with Gasteiger partial charge < -0.3 is 49.7 Å². The monoisotopic (exact) mass is 577 g/mol. The highest BCUT2D eigenvalue weighted by Crippen LogP contribution is 2.08. The number of carbonyl (C=O) groups is 5. The van der Waals surface area contributed by atoms with Crippen LogP contribution in [0.4, 0.5) is 0 Å². The van der Waals surface area contributed by atoms with Crippen molar-refractivity contribution >= 4 is 35.6 Å². The molecular formula is C26H43N9O6. The zero-order valence-electron chi connectivity index (χ0n) is 23.1. The smallest absolute Gasteiger partial charge is 0.326 e. The summed E-state index contributed by atoms with van der Waals surface area (Å²) in [5.74, 6) is -4.06. The molecular weight excluding hydrogens is 534 g/mol. The van der Waals surface area contributed by atoms with Crippen molar-refractivity contribution in [2.75, 3.05) is 13.1 Å². The highest BCUT2D eigenvalue weighted by atomic mass is 16.4. The number of nitrogens with zero attached hydrogens (tertiary/aromatic N) is 1. The second-order valence-electron chi connectivity index (χ2n) is 9.56. The molecule has 0 aromatic heterocycles. The number of carboxylic acids is 1. The first-order valence-corrected chi connectivity index (χ1v) is 13.4. The van der Waals surface area contributed by atoms with Crippen molar-refractivity contribution in [3.8, 4) is 0 Å². The fraction of sp³-hybridized carbons (Fsp3) is 0.538. The highest BCUT2D eigenvalue weighted by molar-refractivity contribution is 5.94. The van der Waals surface area contributed by atoms with Crippen LogP contribution in [0.5, 0.6) is 0 Å². The van der Waals surface area contributed by atoms with Crippen LogP contribution in [0.1, 0.15) is 50.5 Å². The summed E-state index contributed by atoms with van der Waals surface area (Å²) in [5.41, 5.74) is 27.9. The first-order chi connectivity index (χ1) is 19.4. The van der Waals surface area contributed by atoms with Crippen LogP contribution >= 0.6 is 0 Å². The lowest BCUT2D eigenvalue weighted by molar-refractivity contribution is -0.142. The zero-order valence-corrected chi connectivity index (χ0v) is 23.1. The number of rotatable bonds is 20. The second-order valence-corrected chi connectivity index (χ2v) is 9.56. The lowest BCUT2D eigenvalue weighted by Crippen LogP contribution is -2.57. The summed E-state index contributed by atoms with van der Waals surface area (Å²) < 4.78 is 0. The van der Waals surface area contributed by atoms with Crippen molar-refractivity contribution in [3.05, 3.63) is 35.9 Å². The van der Waals surface area contributed by atoms with Gasteiger partial charge in [-0.2, -0.15) is 0 Å². The molecule has 15 nitrogen and oxygen atoms in total. The van der Waals surface area contributed by atoms with E-state index in [0.717, 1.165) is 0 Å². The number of aliphatic carboxylic acids is 1. The van der Waals surface area contributed by atoms with E-state index < -0.39 is 53.8 Å². The minimum Gasteiger partial charge on any atom is -0.480 e. The molecule has 4 amide bonds. The third-order valence-corrected chi connectivity index (χ3v) is 6.09. The van der Waals surface area contributed by atoms with Gasteiger partial charge in [0.15, 0.2) is 5.96 Å². The third-order valence-electron chi connectivity index (χ3n) is 6.09. The number of carbonyl (C=O) groups excluding carboxylic acids is 4. The number of amides is 4. The van der Waals surface area contributed by atoms with E-state index >= 15 is 0 Å². The minimum absolute atomic E-state index is 0.0222. The fourth-order valence-electron chi connectivity index (χ4n) is 3.84. The van der Waals surface area contributed by atoms with Gasteiger partial charge in [0.1, 0.15) is 18.1 Å². The van der Waals surface area contributed by atoms with Gasteiger partial charge in [0.05, 0.1) is 6.04 Å². The number of nitrogens with one attached hydrogen (secondary N) is 3. The molecule has 0 aliphatic carbocycles. The van der Waals surface area contributed by atoms with E-state index in [1.54, 1.807) is 30.3 Å². The molecule has 1 aromatic carbocycles.